The predicted octanol–water partition coefficient (Wildman–Crippen LogP) is 3.46. The zero-order valence-electron chi connectivity index (χ0n) is 12.1. The third-order valence-electron chi connectivity index (χ3n) is 3.02. The zero-order valence-corrected chi connectivity index (χ0v) is 13.0. The van der Waals surface area contributed by atoms with Crippen molar-refractivity contribution in [2.45, 2.75) is 20.1 Å². The number of nitrogens with zero attached hydrogens (tertiary/aromatic N) is 2. The van der Waals surface area contributed by atoms with Crippen molar-refractivity contribution in [3.63, 3.8) is 0 Å². The summed E-state index contributed by atoms with van der Waals surface area (Å²) < 4.78 is 47.1. The summed E-state index contributed by atoms with van der Waals surface area (Å²) in [6.45, 7) is -1.28. The number of hydrogen-bond acceptors (Lipinski definition) is 5. The monoisotopic (exact) mass is 341 g/mol. The highest BCUT2D eigenvalue weighted by molar-refractivity contribution is 7.25. The van der Waals surface area contributed by atoms with Gasteiger partial charge in [-0.05, 0) is 30.7 Å². The molecule has 122 valence electrons. The van der Waals surface area contributed by atoms with Gasteiger partial charge in [0.1, 0.15) is 18.1 Å². The largest absolute Gasteiger partial charge is 0.487 e. The van der Waals surface area contributed by atoms with Gasteiger partial charge in [-0.15, -0.1) is 0 Å². The fourth-order valence-electron chi connectivity index (χ4n) is 1.91. The summed E-state index contributed by atoms with van der Waals surface area (Å²) in [6, 6.07) is 6.11. The summed E-state index contributed by atoms with van der Waals surface area (Å²) >= 11 is 0. The summed E-state index contributed by atoms with van der Waals surface area (Å²) in [5.74, 6) is 5.99. The van der Waals surface area contributed by atoms with Crippen LogP contribution in [0, 0.1) is 6.92 Å². The molecule has 9 heteroatoms. The molecule has 0 unspecified atom stereocenters. The first-order valence-corrected chi connectivity index (χ1v) is 7.27. The lowest BCUT2D eigenvalue weighted by Crippen LogP contribution is -2.21. The van der Waals surface area contributed by atoms with Gasteiger partial charge >= 0.3 is 6.61 Å². The Labute approximate surface area is 133 Å². The van der Waals surface area contributed by atoms with E-state index in [4.69, 9.17) is 10.6 Å². The molecular formula is C14H14F2N3O3P. The molecule has 1 heterocycles. The maximum Gasteiger partial charge on any atom is 0.387 e. The number of nitrogens with two attached hydrogens (primary N) is 1. The lowest BCUT2D eigenvalue weighted by molar-refractivity contribution is -0.0508. The van der Waals surface area contributed by atoms with Crippen LogP contribution in [0.2, 0.25) is 0 Å². The third-order valence-corrected chi connectivity index (χ3v) is 3.41. The Hall–Kier alpha value is -2.31. The predicted molar refractivity (Wildman–Crippen MR) is 80.7 cm³/mol. The van der Waals surface area contributed by atoms with Crippen LogP contribution in [0.15, 0.2) is 36.7 Å². The van der Waals surface area contributed by atoms with Crippen molar-refractivity contribution in [2.75, 3.05) is 4.78 Å². The van der Waals surface area contributed by atoms with Crippen LogP contribution in [-0.4, -0.2) is 11.6 Å². The molecule has 0 aliphatic heterocycles. The van der Waals surface area contributed by atoms with Crippen LogP contribution < -0.4 is 20.1 Å². The van der Waals surface area contributed by atoms with Crippen molar-refractivity contribution in [1.82, 2.24) is 4.98 Å². The fourth-order valence-corrected chi connectivity index (χ4v) is 2.19. The number of pyridine rings is 1. The minimum absolute atomic E-state index is 0.0989. The number of alkyl halides is 2. The lowest BCUT2D eigenvalue weighted by atomic mass is 10.1. The molecule has 23 heavy (non-hydrogen) atoms. The summed E-state index contributed by atoms with van der Waals surface area (Å²) in [6.07, 6.45) is 3.12. The second kappa shape index (κ2) is 7.80. The van der Waals surface area contributed by atoms with E-state index in [2.05, 4.69) is 9.72 Å². The topological polar surface area (TPSA) is 77.7 Å². The van der Waals surface area contributed by atoms with Gasteiger partial charge in [0.25, 0.3) is 8.61 Å². The van der Waals surface area contributed by atoms with Gasteiger partial charge in [0.05, 0.1) is 17.4 Å². The minimum Gasteiger partial charge on any atom is -0.487 e. The van der Waals surface area contributed by atoms with Gasteiger partial charge in [0.2, 0.25) is 0 Å². The lowest BCUT2D eigenvalue weighted by Gasteiger charge is -2.19. The molecule has 1 aromatic carbocycles. The van der Waals surface area contributed by atoms with Crippen LogP contribution in [0.4, 0.5) is 14.5 Å². The Morgan fingerprint density at radius 1 is 1.35 bits per heavy atom. The molecule has 0 aliphatic rings. The van der Waals surface area contributed by atoms with Crippen LogP contribution in [0.25, 0.3) is 0 Å². The average molecular weight is 341 g/mol. The molecule has 0 amide bonds. The molecule has 0 saturated heterocycles. The highest BCUT2D eigenvalue weighted by Gasteiger charge is 2.17. The Kier molecular flexibility index (Phi) is 5.78. The molecule has 0 aliphatic carbocycles. The summed E-state index contributed by atoms with van der Waals surface area (Å²) in [7, 11) is -0.494. The van der Waals surface area contributed by atoms with Gasteiger partial charge in [-0.3, -0.25) is 4.98 Å². The quantitative estimate of drug-likeness (QED) is 0.472. The number of aromatic nitrogens is 1. The first-order chi connectivity index (χ1) is 11.0. The molecule has 0 spiro atoms. The smallest absolute Gasteiger partial charge is 0.387 e. The van der Waals surface area contributed by atoms with Crippen LogP contribution in [0.3, 0.4) is 0 Å². The summed E-state index contributed by atoms with van der Waals surface area (Å²) in [5, 5.41) is 0. The van der Waals surface area contributed by atoms with Crippen molar-refractivity contribution in [2.24, 2.45) is 5.84 Å². The van der Waals surface area contributed by atoms with E-state index in [1.807, 2.05) is 6.92 Å². The first kappa shape index (κ1) is 17.1. The van der Waals surface area contributed by atoms with Gasteiger partial charge in [-0.25, -0.2) is 15.2 Å². The van der Waals surface area contributed by atoms with Crippen molar-refractivity contribution in [3.8, 4) is 11.5 Å². The standard InChI is InChI=1S/C14H14F2N3O3P/c1-9-5-6-18-7-13(9)21-8-10-11(19(17)23-20)3-2-4-12(10)22-14(15)16/h2-7,14H,8,17H2,1H3. The Morgan fingerprint density at radius 2 is 2.13 bits per heavy atom. The number of rotatable bonds is 7. The zero-order chi connectivity index (χ0) is 16.8. The molecule has 0 fully saturated rings. The maximum atomic E-state index is 12.6. The second-order valence-corrected chi connectivity index (χ2v) is 5.08. The fraction of sp³-hybridized carbons (Fsp3) is 0.214. The molecule has 0 radical (unpaired) electrons. The van der Waals surface area contributed by atoms with E-state index in [9.17, 15) is 13.3 Å². The number of halogens is 2. The first-order valence-electron chi connectivity index (χ1n) is 6.51. The Bertz CT molecular complexity index is 688. The molecule has 0 atom stereocenters. The number of hydrazine groups is 1. The Balaban J connectivity index is 2.33. The highest BCUT2D eigenvalue weighted by Crippen LogP contribution is 2.33. The van der Waals surface area contributed by atoms with E-state index >= 15 is 0 Å². The molecule has 2 rings (SSSR count). The van der Waals surface area contributed by atoms with Gasteiger partial charge < -0.3 is 9.47 Å². The molecule has 6 nitrogen and oxygen atoms in total. The van der Waals surface area contributed by atoms with E-state index in [-0.39, 0.29) is 23.6 Å². The van der Waals surface area contributed by atoms with Gasteiger partial charge in [-0.2, -0.15) is 8.78 Å². The van der Waals surface area contributed by atoms with Crippen molar-refractivity contribution < 1.29 is 22.8 Å². The molecular weight excluding hydrogens is 327 g/mol. The van der Waals surface area contributed by atoms with Gasteiger partial charge in [0.15, 0.2) is 0 Å². The van der Waals surface area contributed by atoms with E-state index in [1.54, 1.807) is 12.3 Å². The SMILES string of the molecule is Cc1ccncc1OCc1c(OC(F)F)cccc1N(N)P=O. The number of ether oxygens (including phenoxy) is 2. The molecule has 2 aromatic rings. The second-order valence-electron chi connectivity index (χ2n) is 4.49. The van der Waals surface area contributed by atoms with Crippen LogP contribution in [-0.2, 0) is 11.2 Å². The maximum absolute atomic E-state index is 12.6. The molecule has 2 N–H and O–H groups in total. The van der Waals surface area contributed by atoms with Crippen LogP contribution in [0.5, 0.6) is 11.5 Å². The van der Waals surface area contributed by atoms with Crippen molar-refractivity contribution in [1.29, 1.82) is 0 Å². The van der Waals surface area contributed by atoms with E-state index in [0.29, 0.717) is 5.75 Å². The molecule has 0 saturated carbocycles. The number of anilines is 1. The van der Waals surface area contributed by atoms with E-state index in [0.717, 1.165) is 10.3 Å². The van der Waals surface area contributed by atoms with Crippen LogP contribution in [0.1, 0.15) is 11.1 Å². The summed E-state index contributed by atoms with van der Waals surface area (Å²) in [4.78, 5) is 3.94. The van der Waals surface area contributed by atoms with E-state index in [1.165, 1.54) is 24.4 Å². The minimum atomic E-state index is -3.00. The normalized spacial score (nSPS) is 10.8. The molecule has 1 aromatic heterocycles. The van der Waals surface area contributed by atoms with Gasteiger partial charge in [0, 0.05) is 6.20 Å². The number of benzene rings is 1. The van der Waals surface area contributed by atoms with E-state index < -0.39 is 15.2 Å². The van der Waals surface area contributed by atoms with Crippen LogP contribution >= 0.6 is 8.61 Å². The molecule has 0 bridgehead atoms. The van der Waals surface area contributed by atoms with Crippen molar-refractivity contribution >= 4 is 14.3 Å². The summed E-state index contributed by atoms with van der Waals surface area (Å²) in [5.41, 5.74) is 1.34. The average Bonchev–Trinajstić information content (AvgIpc) is 2.53. The number of aryl methyl sites for hydroxylation is 1. The highest BCUT2D eigenvalue weighted by atomic mass is 31.1. The van der Waals surface area contributed by atoms with Gasteiger partial charge in [-0.1, -0.05) is 6.07 Å². The Morgan fingerprint density at radius 3 is 2.78 bits per heavy atom. The third kappa shape index (κ3) is 4.34. The number of hydrogen-bond donors (Lipinski definition) is 1. The van der Waals surface area contributed by atoms with Crippen molar-refractivity contribution in [3.05, 3.63) is 47.8 Å².